The second-order valence-electron chi connectivity index (χ2n) is 4.62. The average Bonchev–Trinajstić information content (AvgIpc) is 2.61. The zero-order chi connectivity index (χ0) is 16.7. The molecule has 0 aromatic heterocycles. The summed E-state index contributed by atoms with van der Waals surface area (Å²) in [6.07, 6.45) is 3.92. The Labute approximate surface area is 146 Å². The number of rotatable bonds is 6. The van der Waals surface area contributed by atoms with Crippen molar-refractivity contribution in [2.75, 3.05) is 18.7 Å². The van der Waals surface area contributed by atoms with E-state index in [2.05, 4.69) is 11.4 Å². The first kappa shape index (κ1) is 17.1. The van der Waals surface area contributed by atoms with Crippen molar-refractivity contribution in [2.24, 2.45) is 0 Å². The molecule has 1 N–H and O–H groups in total. The van der Waals surface area contributed by atoms with Gasteiger partial charge in [0.25, 0.3) is 0 Å². The minimum atomic E-state index is 0.638. The second kappa shape index (κ2) is 8.37. The lowest BCUT2D eigenvalue weighted by molar-refractivity contribution is 0.415. The van der Waals surface area contributed by atoms with Gasteiger partial charge in [-0.05, 0) is 66.4 Å². The summed E-state index contributed by atoms with van der Waals surface area (Å²) in [6.45, 7) is 0. The van der Waals surface area contributed by atoms with Crippen LogP contribution in [-0.4, -0.2) is 18.2 Å². The molecular weight excluding hydrogens is 324 g/mol. The van der Waals surface area contributed by atoms with E-state index in [-0.39, 0.29) is 0 Å². The van der Waals surface area contributed by atoms with Crippen LogP contribution in [0.4, 0.5) is 5.69 Å². The molecule has 3 nitrogen and oxygen atoms in total. The normalized spacial score (nSPS) is 10.7. The van der Waals surface area contributed by atoms with Gasteiger partial charge < -0.3 is 10.1 Å². The van der Waals surface area contributed by atoms with Crippen LogP contribution in [-0.2, 0) is 0 Å². The molecule has 0 spiro atoms. The standard InChI is InChI=1S/C18H16N2OS2/c1-21-16-9-5-14(6-10-16)17(22)11-18(23-2)20-15-7-3-13(12-19)4-8-15/h3-11,20H,1-2H3/b18-11+. The summed E-state index contributed by atoms with van der Waals surface area (Å²) in [5, 5.41) is 13.1. The molecule has 0 fully saturated rings. The van der Waals surface area contributed by atoms with E-state index in [4.69, 9.17) is 22.2 Å². The predicted molar refractivity (Wildman–Crippen MR) is 101 cm³/mol. The summed E-state index contributed by atoms with van der Waals surface area (Å²) in [7, 11) is 1.64. The molecule has 2 rings (SSSR count). The monoisotopic (exact) mass is 340 g/mol. The Hall–Kier alpha value is -2.29. The third-order valence-electron chi connectivity index (χ3n) is 3.14. The van der Waals surface area contributed by atoms with E-state index in [1.165, 1.54) is 0 Å². The summed E-state index contributed by atoms with van der Waals surface area (Å²) in [5.41, 5.74) is 2.52. The number of benzene rings is 2. The number of anilines is 1. The second-order valence-corrected chi connectivity index (χ2v) is 5.91. The molecule has 5 heteroatoms. The van der Waals surface area contributed by atoms with E-state index in [9.17, 15) is 0 Å². The van der Waals surface area contributed by atoms with Gasteiger partial charge in [-0.3, -0.25) is 0 Å². The highest BCUT2D eigenvalue weighted by molar-refractivity contribution is 8.02. The number of methoxy groups -OCH3 is 1. The quantitative estimate of drug-likeness (QED) is 0.473. The first-order chi connectivity index (χ1) is 11.2. The highest BCUT2D eigenvalue weighted by atomic mass is 32.2. The van der Waals surface area contributed by atoms with Crippen molar-refractivity contribution in [3.05, 3.63) is 70.8 Å². The van der Waals surface area contributed by atoms with E-state index in [1.807, 2.05) is 48.7 Å². The molecule has 0 amide bonds. The summed E-state index contributed by atoms with van der Waals surface area (Å²) in [5.74, 6) is 0.807. The summed E-state index contributed by atoms with van der Waals surface area (Å²) in [6, 6.07) is 17.1. The van der Waals surface area contributed by atoms with Crippen LogP contribution >= 0.6 is 24.0 Å². The Morgan fingerprint density at radius 2 is 1.83 bits per heavy atom. The van der Waals surface area contributed by atoms with E-state index >= 15 is 0 Å². The molecule has 0 radical (unpaired) electrons. The van der Waals surface area contributed by atoms with Gasteiger partial charge in [-0.15, -0.1) is 11.8 Å². The SMILES string of the molecule is COc1ccc(C(=S)/C=C(\Nc2ccc(C#N)cc2)SC)cc1. The number of allylic oxidation sites excluding steroid dienone is 1. The Kier molecular flexibility index (Phi) is 6.21. The van der Waals surface area contributed by atoms with E-state index in [0.29, 0.717) is 5.56 Å². The lowest BCUT2D eigenvalue weighted by atomic mass is 10.1. The summed E-state index contributed by atoms with van der Waals surface area (Å²) in [4.78, 5) is 0.748. The van der Waals surface area contributed by atoms with Gasteiger partial charge in [0.1, 0.15) is 5.75 Å². The summed E-state index contributed by atoms with van der Waals surface area (Å²) < 4.78 is 5.15. The molecule has 0 bridgehead atoms. The van der Waals surface area contributed by atoms with Crippen molar-refractivity contribution in [3.63, 3.8) is 0 Å². The van der Waals surface area contributed by atoms with Crippen molar-refractivity contribution in [3.8, 4) is 11.8 Å². The highest BCUT2D eigenvalue weighted by Crippen LogP contribution is 2.20. The van der Waals surface area contributed by atoms with Crippen molar-refractivity contribution in [2.45, 2.75) is 0 Å². The molecule has 0 aliphatic carbocycles. The van der Waals surface area contributed by atoms with Crippen LogP contribution in [0.3, 0.4) is 0 Å². The van der Waals surface area contributed by atoms with Crippen LogP contribution in [0, 0.1) is 11.3 Å². The molecular formula is C18H16N2OS2. The third kappa shape index (κ3) is 4.85. The fourth-order valence-electron chi connectivity index (χ4n) is 1.87. The zero-order valence-electron chi connectivity index (χ0n) is 12.9. The van der Waals surface area contributed by atoms with Gasteiger partial charge in [0, 0.05) is 10.6 Å². The molecule has 2 aromatic carbocycles. The number of hydrogen-bond acceptors (Lipinski definition) is 5. The molecule has 0 unspecified atom stereocenters. The van der Waals surface area contributed by atoms with Gasteiger partial charge in [0.2, 0.25) is 0 Å². The number of hydrogen-bond donors (Lipinski definition) is 1. The third-order valence-corrected chi connectivity index (χ3v) is 4.15. The Bertz CT molecular complexity index is 744. The maximum absolute atomic E-state index is 8.83. The highest BCUT2D eigenvalue weighted by Gasteiger charge is 2.03. The van der Waals surface area contributed by atoms with Crippen LogP contribution in [0.5, 0.6) is 5.75 Å². The van der Waals surface area contributed by atoms with Gasteiger partial charge in [-0.1, -0.05) is 12.2 Å². The molecule has 0 aliphatic heterocycles. The minimum Gasteiger partial charge on any atom is -0.497 e. The largest absolute Gasteiger partial charge is 0.497 e. The number of thiocarbonyl (C=S) groups is 1. The Balaban J connectivity index is 2.12. The maximum atomic E-state index is 8.83. The fraction of sp³-hybridized carbons (Fsp3) is 0.111. The van der Waals surface area contributed by atoms with Crippen molar-refractivity contribution >= 4 is 34.5 Å². The topological polar surface area (TPSA) is 45.0 Å². The van der Waals surface area contributed by atoms with Crippen LogP contribution in [0.15, 0.2) is 59.6 Å². The van der Waals surface area contributed by atoms with Gasteiger partial charge in [-0.25, -0.2) is 0 Å². The van der Waals surface area contributed by atoms with Crippen molar-refractivity contribution in [1.82, 2.24) is 0 Å². The number of nitrogens with zero attached hydrogens (tertiary/aromatic N) is 1. The fourth-order valence-corrected chi connectivity index (χ4v) is 2.66. The predicted octanol–water partition coefficient (Wildman–Crippen LogP) is 4.60. The van der Waals surface area contributed by atoms with Crippen LogP contribution in [0.25, 0.3) is 0 Å². The number of ether oxygens (including phenoxy) is 1. The molecule has 2 aromatic rings. The van der Waals surface area contributed by atoms with Gasteiger partial charge >= 0.3 is 0 Å². The van der Waals surface area contributed by atoms with Crippen molar-refractivity contribution < 1.29 is 4.74 Å². The molecule has 0 atom stereocenters. The lowest BCUT2D eigenvalue weighted by Gasteiger charge is -2.09. The Morgan fingerprint density at radius 1 is 1.17 bits per heavy atom. The first-order valence-corrected chi connectivity index (χ1v) is 8.51. The van der Waals surface area contributed by atoms with E-state index in [1.54, 1.807) is 31.0 Å². The molecule has 0 saturated heterocycles. The van der Waals surface area contributed by atoms with E-state index in [0.717, 1.165) is 26.9 Å². The first-order valence-electron chi connectivity index (χ1n) is 6.87. The smallest absolute Gasteiger partial charge is 0.118 e. The zero-order valence-corrected chi connectivity index (χ0v) is 14.5. The minimum absolute atomic E-state index is 0.638. The number of nitrogens with one attached hydrogen (secondary N) is 1. The van der Waals surface area contributed by atoms with Gasteiger partial charge in [0.15, 0.2) is 0 Å². The van der Waals surface area contributed by atoms with Crippen LogP contribution < -0.4 is 10.1 Å². The average molecular weight is 340 g/mol. The molecule has 0 heterocycles. The molecule has 0 aliphatic rings. The van der Waals surface area contributed by atoms with Crippen LogP contribution in [0.2, 0.25) is 0 Å². The number of thioether (sulfide) groups is 1. The Morgan fingerprint density at radius 3 is 2.35 bits per heavy atom. The lowest BCUT2D eigenvalue weighted by Crippen LogP contribution is -2.00. The molecule has 116 valence electrons. The molecule has 0 saturated carbocycles. The van der Waals surface area contributed by atoms with Gasteiger partial charge in [-0.2, -0.15) is 5.26 Å². The van der Waals surface area contributed by atoms with Crippen molar-refractivity contribution in [1.29, 1.82) is 5.26 Å². The van der Waals surface area contributed by atoms with Crippen LogP contribution in [0.1, 0.15) is 11.1 Å². The summed E-state index contributed by atoms with van der Waals surface area (Å²) >= 11 is 7.06. The molecule has 23 heavy (non-hydrogen) atoms. The van der Waals surface area contributed by atoms with Gasteiger partial charge in [0.05, 0.1) is 23.8 Å². The number of nitriles is 1. The maximum Gasteiger partial charge on any atom is 0.118 e. The van der Waals surface area contributed by atoms with E-state index < -0.39 is 0 Å².